The van der Waals surface area contributed by atoms with E-state index in [1.807, 2.05) is 12.1 Å². The molecule has 2 heterocycles. The normalized spacial score (nSPS) is 20.4. The van der Waals surface area contributed by atoms with Crippen molar-refractivity contribution in [3.63, 3.8) is 0 Å². The summed E-state index contributed by atoms with van der Waals surface area (Å²) < 4.78 is 13.1. The van der Waals surface area contributed by atoms with E-state index < -0.39 is 0 Å². The minimum Gasteiger partial charge on any atom is -0.352 e. The molecule has 1 N–H and O–H groups in total. The maximum absolute atomic E-state index is 13.1. The fourth-order valence-electron chi connectivity index (χ4n) is 4.63. The summed E-state index contributed by atoms with van der Waals surface area (Å²) in [5, 5.41) is 3.15. The van der Waals surface area contributed by atoms with Gasteiger partial charge in [-0.2, -0.15) is 0 Å². The quantitative estimate of drug-likeness (QED) is 0.752. The van der Waals surface area contributed by atoms with Gasteiger partial charge in [-0.1, -0.05) is 36.4 Å². The van der Waals surface area contributed by atoms with Crippen LogP contribution >= 0.6 is 0 Å². The zero-order valence-corrected chi connectivity index (χ0v) is 17.7. The van der Waals surface area contributed by atoms with Gasteiger partial charge in [0.15, 0.2) is 0 Å². The van der Waals surface area contributed by atoms with Gasteiger partial charge in [-0.15, -0.1) is 0 Å². The van der Waals surface area contributed by atoms with Crippen LogP contribution in [0.4, 0.5) is 4.39 Å². The second kappa shape index (κ2) is 10.2. The summed E-state index contributed by atoms with van der Waals surface area (Å²) in [6, 6.07) is 15.2. The van der Waals surface area contributed by atoms with E-state index in [1.54, 1.807) is 0 Å². The maximum Gasteiger partial charge on any atom is 0.224 e. The van der Waals surface area contributed by atoms with Crippen LogP contribution in [0.3, 0.4) is 0 Å². The van der Waals surface area contributed by atoms with Gasteiger partial charge in [-0.05, 0) is 74.1 Å². The van der Waals surface area contributed by atoms with Crippen LogP contribution in [0.15, 0.2) is 48.5 Å². The van der Waals surface area contributed by atoms with Crippen molar-refractivity contribution in [2.75, 3.05) is 26.2 Å². The fraction of sp³-hybridized carbons (Fsp3) is 0.480. The molecule has 2 aromatic carbocycles. The van der Waals surface area contributed by atoms with Crippen molar-refractivity contribution in [2.24, 2.45) is 5.92 Å². The Morgan fingerprint density at radius 3 is 2.40 bits per heavy atom. The van der Waals surface area contributed by atoms with Crippen LogP contribution in [-0.4, -0.2) is 41.9 Å². The summed E-state index contributed by atoms with van der Waals surface area (Å²) in [5.41, 5.74) is 3.58. The van der Waals surface area contributed by atoms with E-state index in [2.05, 4.69) is 39.4 Å². The van der Waals surface area contributed by atoms with Gasteiger partial charge < -0.3 is 5.32 Å². The van der Waals surface area contributed by atoms with Gasteiger partial charge in [-0.3, -0.25) is 14.6 Å². The molecule has 2 aliphatic rings. The highest BCUT2D eigenvalue weighted by atomic mass is 19.1. The number of amides is 1. The minimum absolute atomic E-state index is 0.0204. The van der Waals surface area contributed by atoms with Gasteiger partial charge in [0.25, 0.3) is 0 Å². The van der Waals surface area contributed by atoms with Gasteiger partial charge in [0.1, 0.15) is 5.82 Å². The summed E-state index contributed by atoms with van der Waals surface area (Å²) in [7, 11) is 0. The minimum atomic E-state index is -0.209. The van der Waals surface area contributed by atoms with Crippen LogP contribution in [0.1, 0.15) is 42.4 Å². The highest BCUT2D eigenvalue weighted by Crippen LogP contribution is 2.19. The van der Waals surface area contributed by atoms with Crippen molar-refractivity contribution in [1.82, 2.24) is 15.1 Å². The van der Waals surface area contributed by atoms with Crippen LogP contribution < -0.4 is 5.32 Å². The lowest BCUT2D eigenvalue weighted by Gasteiger charge is -2.32. The van der Waals surface area contributed by atoms with Crippen molar-refractivity contribution in [3.8, 4) is 0 Å². The maximum atomic E-state index is 13.1. The first-order valence-electron chi connectivity index (χ1n) is 11.2. The third-order valence-electron chi connectivity index (χ3n) is 6.26. The zero-order chi connectivity index (χ0) is 20.8. The Hall–Kier alpha value is -2.24. The molecule has 30 heavy (non-hydrogen) atoms. The number of likely N-dealkylation sites (tertiary alicyclic amines) is 2. The monoisotopic (exact) mass is 409 g/mol. The predicted octanol–water partition coefficient (Wildman–Crippen LogP) is 3.95. The summed E-state index contributed by atoms with van der Waals surface area (Å²) in [6.07, 6.45) is 4.55. The van der Waals surface area contributed by atoms with E-state index in [-0.39, 0.29) is 17.6 Å². The predicted molar refractivity (Wildman–Crippen MR) is 117 cm³/mol. The second-order valence-corrected chi connectivity index (χ2v) is 8.72. The number of nitrogens with one attached hydrogen (secondary N) is 1. The molecule has 0 radical (unpaired) electrons. The van der Waals surface area contributed by atoms with Crippen molar-refractivity contribution < 1.29 is 9.18 Å². The van der Waals surface area contributed by atoms with Crippen LogP contribution in [0.5, 0.6) is 0 Å². The number of carbonyl (C=O) groups is 1. The number of rotatable bonds is 7. The fourth-order valence-corrected chi connectivity index (χ4v) is 4.63. The summed E-state index contributed by atoms with van der Waals surface area (Å²) in [6.45, 7) is 6.48. The van der Waals surface area contributed by atoms with E-state index in [0.29, 0.717) is 6.54 Å². The van der Waals surface area contributed by atoms with Crippen molar-refractivity contribution in [3.05, 3.63) is 71.0 Å². The molecule has 2 saturated heterocycles. The molecule has 2 fully saturated rings. The number of piperidine rings is 1. The van der Waals surface area contributed by atoms with Crippen LogP contribution in [0.2, 0.25) is 0 Å². The molecule has 1 atom stereocenters. The van der Waals surface area contributed by atoms with Gasteiger partial charge in [0.2, 0.25) is 5.91 Å². The highest BCUT2D eigenvalue weighted by Gasteiger charge is 2.25. The molecule has 160 valence electrons. The number of carbonyl (C=O) groups excluding carboxylic acids is 1. The van der Waals surface area contributed by atoms with Gasteiger partial charge in [-0.25, -0.2) is 4.39 Å². The molecule has 5 heteroatoms. The van der Waals surface area contributed by atoms with Gasteiger partial charge >= 0.3 is 0 Å². The van der Waals surface area contributed by atoms with Crippen molar-refractivity contribution in [1.29, 1.82) is 0 Å². The van der Waals surface area contributed by atoms with Gasteiger partial charge in [0.05, 0.1) is 5.92 Å². The SMILES string of the molecule is O=C(NCc1cccc(CN2CCCC2)c1)[C@H]1CCCN(Cc2ccc(F)cc2)C1. The standard InChI is InChI=1S/C25H32FN3O/c26-24-10-8-20(9-11-24)17-29-14-4-7-23(19-29)25(30)27-16-21-5-3-6-22(15-21)18-28-12-1-2-13-28/h3,5-6,8-11,15,23H,1-2,4,7,12-14,16-19H2,(H,27,30)/t23-/m0/s1. The van der Waals surface area contributed by atoms with Crippen LogP contribution in [-0.2, 0) is 24.4 Å². The number of hydrogen-bond donors (Lipinski definition) is 1. The molecule has 4 nitrogen and oxygen atoms in total. The van der Waals surface area contributed by atoms with Crippen LogP contribution in [0, 0.1) is 11.7 Å². The lowest BCUT2D eigenvalue weighted by Crippen LogP contribution is -2.42. The molecule has 2 aromatic rings. The average Bonchev–Trinajstić information content (AvgIpc) is 3.27. The molecule has 4 rings (SSSR count). The first-order chi connectivity index (χ1) is 14.7. The summed E-state index contributed by atoms with van der Waals surface area (Å²) in [4.78, 5) is 17.6. The Morgan fingerprint density at radius 1 is 0.900 bits per heavy atom. The Kier molecular flexibility index (Phi) is 7.13. The molecule has 0 aromatic heterocycles. The molecule has 0 unspecified atom stereocenters. The highest BCUT2D eigenvalue weighted by molar-refractivity contribution is 5.79. The third-order valence-corrected chi connectivity index (χ3v) is 6.26. The molecule has 0 aliphatic carbocycles. The first-order valence-corrected chi connectivity index (χ1v) is 11.2. The Bertz CT molecular complexity index is 833. The Balaban J connectivity index is 1.26. The summed E-state index contributed by atoms with van der Waals surface area (Å²) in [5.74, 6) is -0.0464. The number of nitrogens with zero attached hydrogens (tertiary/aromatic N) is 2. The molecule has 1 amide bonds. The van der Waals surface area contributed by atoms with Crippen molar-refractivity contribution in [2.45, 2.75) is 45.3 Å². The molecular weight excluding hydrogens is 377 g/mol. The number of benzene rings is 2. The number of hydrogen-bond acceptors (Lipinski definition) is 3. The Labute approximate surface area is 179 Å². The van der Waals surface area contributed by atoms with E-state index in [9.17, 15) is 9.18 Å². The summed E-state index contributed by atoms with van der Waals surface area (Å²) >= 11 is 0. The molecular formula is C25H32FN3O. The zero-order valence-electron chi connectivity index (χ0n) is 17.7. The van der Waals surface area contributed by atoms with E-state index in [4.69, 9.17) is 0 Å². The van der Waals surface area contributed by atoms with Crippen molar-refractivity contribution >= 4 is 5.91 Å². The molecule has 2 aliphatic heterocycles. The molecule has 0 bridgehead atoms. The lowest BCUT2D eigenvalue weighted by atomic mass is 9.96. The largest absolute Gasteiger partial charge is 0.352 e. The van der Waals surface area contributed by atoms with Crippen LogP contribution in [0.25, 0.3) is 0 Å². The van der Waals surface area contributed by atoms with Gasteiger partial charge in [0, 0.05) is 26.2 Å². The topological polar surface area (TPSA) is 35.6 Å². The third kappa shape index (κ3) is 5.89. The van der Waals surface area contributed by atoms with E-state index in [1.165, 1.54) is 49.2 Å². The smallest absolute Gasteiger partial charge is 0.224 e. The average molecular weight is 410 g/mol. The van der Waals surface area contributed by atoms with E-state index in [0.717, 1.165) is 44.6 Å². The molecule has 0 spiro atoms. The number of halogens is 1. The first kappa shape index (κ1) is 21.0. The van der Waals surface area contributed by atoms with E-state index >= 15 is 0 Å². The Morgan fingerprint density at radius 2 is 1.60 bits per heavy atom. The lowest BCUT2D eigenvalue weighted by molar-refractivity contribution is -0.126. The second-order valence-electron chi connectivity index (χ2n) is 8.72. The molecule has 0 saturated carbocycles.